The maximum absolute atomic E-state index is 11.6. The van der Waals surface area contributed by atoms with Crippen LogP contribution in [0.2, 0.25) is 10.0 Å². The van der Waals surface area contributed by atoms with Crippen LogP contribution >= 0.6 is 23.2 Å². The lowest BCUT2D eigenvalue weighted by molar-refractivity contribution is -0.148. The Morgan fingerprint density at radius 3 is 2.56 bits per heavy atom. The summed E-state index contributed by atoms with van der Waals surface area (Å²) in [6.07, 6.45) is 6.86. The van der Waals surface area contributed by atoms with Crippen molar-refractivity contribution >= 4 is 23.2 Å². The first-order valence-corrected chi connectivity index (χ1v) is 9.62. The Morgan fingerprint density at radius 2 is 1.88 bits per heavy atom. The molecular formula is C20H22Cl2N2O. The standard InChI is InChI=1S/C20H22Cl2N2O/c21-18-8-1-4-14(19(18)22)11-24-12-16-5-2-6-17(13-24)20(16,25)15-7-3-9-23-10-15/h1,3-4,7-10,16-17,25H,2,5-6,11-13H2/t16-,17-/m0/s1. The maximum atomic E-state index is 11.6. The lowest BCUT2D eigenvalue weighted by Gasteiger charge is -2.53. The van der Waals surface area contributed by atoms with Crippen molar-refractivity contribution in [1.29, 1.82) is 0 Å². The molecule has 25 heavy (non-hydrogen) atoms. The molecule has 2 atom stereocenters. The average molecular weight is 377 g/mol. The third kappa shape index (κ3) is 3.08. The lowest BCUT2D eigenvalue weighted by atomic mass is 9.63. The number of aromatic nitrogens is 1. The van der Waals surface area contributed by atoms with E-state index >= 15 is 0 Å². The van der Waals surface area contributed by atoms with Crippen LogP contribution < -0.4 is 0 Å². The number of nitrogens with zero attached hydrogens (tertiary/aromatic N) is 2. The number of pyridine rings is 1. The molecule has 0 radical (unpaired) electrons. The van der Waals surface area contributed by atoms with Crippen molar-refractivity contribution in [3.63, 3.8) is 0 Å². The molecule has 1 saturated heterocycles. The van der Waals surface area contributed by atoms with Gasteiger partial charge in [0, 0.05) is 49.4 Å². The van der Waals surface area contributed by atoms with Crippen LogP contribution in [-0.2, 0) is 12.1 Å². The first-order valence-electron chi connectivity index (χ1n) is 8.87. The van der Waals surface area contributed by atoms with Crippen molar-refractivity contribution in [3.8, 4) is 0 Å². The number of aliphatic hydroxyl groups is 1. The SMILES string of the molecule is OC1(c2cccnc2)[C@H]2CCC[C@H]1CN(Cc1cccc(Cl)c1Cl)C2. The highest BCUT2D eigenvalue weighted by Gasteiger charge is 2.51. The molecule has 2 aliphatic rings. The number of likely N-dealkylation sites (tertiary alicyclic amines) is 1. The van der Waals surface area contributed by atoms with E-state index in [1.165, 1.54) is 6.42 Å². The molecule has 5 heteroatoms. The van der Waals surface area contributed by atoms with Gasteiger partial charge in [-0.15, -0.1) is 0 Å². The summed E-state index contributed by atoms with van der Waals surface area (Å²) in [5.41, 5.74) is 1.26. The fourth-order valence-corrected chi connectivity index (χ4v) is 5.03. The smallest absolute Gasteiger partial charge is 0.0991 e. The molecule has 4 rings (SSSR count). The molecule has 1 aromatic carbocycles. The minimum absolute atomic E-state index is 0.224. The third-order valence-corrected chi connectivity index (χ3v) is 6.71. The fourth-order valence-electron chi connectivity index (χ4n) is 4.65. The molecule has 2 heterocycles. The number of hydrogen-bond donors (Lipinski definition) is 1. The summed E-state index contributed by atoms with van der Waals surface area (Å²) >= 11 is 12.5. The summed E-state index contributed by atoms with van der Waals surface area (Å²) < 4.78 is 0. The molecule has 1 saturated carbocycles. The number of rotatable bonds is 3. The molecule has 0 amide bonds. The van der Waals surface area contributed by atoms with Gasteiger partial charge in [0.15, 0.2) is 0 Å². The highest BCUT2D eigenvalue weighted by molar-refractivity contribution is 6.42. The van der Waals surface area contributed by atoms with Crippen molar-refractivity contribution in [2.24, 2.45) is 11.8 Å². The van der Waals surface area contributed by atoms with Crippen LogP contribution in [-0.4, -0.2) is 28.1 Å². The predicted molar refractivity (Wildman–Crippen MR) is 101 cm³/mol. The van der Waals surface area contributed by atoms with Gasteiger partial charge < -0.3 is 5.11 Å². The van der Waals surface area contributed by atoms with Gasteiger partial charge in [0.05, 0.1) is 15.6 Å². The van der Waals surface area contributed by atoms with E-state index < -0.39 is 5.60 Å². The molecule has 1 aliphatic heterocycles. The first kappa shape index (κ1) is 17.3. The van der Waals surface area contributed by atoms with E-state index in [-0.39, 0.29) is 11.8 Å². The maximum Gasteiger partial charge on any atom is 0.0991 e. The van der Waals surface area contributed by atoms with Gasteiger partial charge in [-0.2, -0.15) is 0 Å². The molecule has 1 N–H and O–H groups in total. The van der Waals surface area contributed by atoms with Crippen LogP contribution in [0.4, 0.5) is 0 Å². The lowest BCUT2D eigenvalue weighted by Crippen LogP contribution is -2.57. The number of fused-ring (bicyclic) bond motifs is 2. The van der Waals surface area contributed by atoms with E-state index in [0.717, 1.165) is 43.6 Å². The van der Waals surface area contributed by atoms with Crippen LogP contribution in [0.1, 0.15) is 30.4 Å². The minimum Gasteiger partial charge on any atom is -0.384 e. The molecule has 1 aromatic heterocycles. The second kappa shape index (κ2) is 6.88. The van der Waals surface area contributed by atoms with Crippen molar-refractivity contribution in [2.75, 3.05) is 13.1 Å². The quantitative estimate of drug-likeness (QED) is 0.855. The molecular weight excluding hydrogens is 355 g/mol. The Balaban J connectivity index is 1.58. The monoisotopic (exact) mass is 376 g/mol. The van der Waals surface area contributed by atoms with Crippen molar-refractivity contribution in [2.45, 2.75) is 31.4 Å². The summed E-state index contributed by atoms with van der Waals surface area (Å²) in [6, 6.07) is 9.73. The van der Waals surface area contributed by atoms with Crippen LogP contribution in [0.15, 0.2) is 42.7 Å². The van der Waals surface area contributed by atoms with Gasteiger partial charge >= 0.3 is 0 Å². The zero-order valence-corrected chi connectivity index (χ0v) is 15.5. The zero-order chi connectivity index (χ0) is 17.4. The van der Waals surface area contributed by atoms with Gasteiger partial charge in [-0.3, -0.25) is 9.88 Å². The summed E-state index contributed by atoms with van der Waals surface area (Å²) in [5, 5.41) is 12.8. The van der Waals surface area contributed by atoms with Crippen LogP contribution in [0.25, 0.3) is 0 Å². The second-order valence-corrected chi connectivity index (χ2v) is 8.08. The van der Waals surface area contributed by atoms with Crippen molar-refractivity contribution < 1.29 is 5.11 Å². The molecule has 132 valence electrons. The van der Waals surface area contributed by atoms with E-state index in [4.69, 9.17) is 23.2 Å². The summed E-state index contributed by atoms with van der Waals surface area (Å²) in [4.78, 5) is 6.65. The predicted octanol–water partition coefficient (Wildman–Crippen LogP) is 4.51. The van der Waals surface area contributed by atoms with Gasteiger partial charge in [0.25, 0.3) is 0 Å². The average Bonchev–Trinajstić information content (AvgIpc) is 2.60. The Bertz CT molecular complexity index is 739. The van der Waals surface area contributed by atoms with Gasteiger partial charge in [0.1, 0.15) is 0 Å². The summed E-state index contributed by atoms with van der Waals surface area (Å²) in [5.74, 6) is 0.448. The third-order valence-electron chi connectivity index (χ3n) is 5.86. The van der Waals surface area contributed by atoms with Crippen LogP contribution in [0, 0.1) is 11.8 Å². The topological polar surface area (TPSA) is 36.4 Å². The van der Waals surface area contributed by atoms with E-state index in [2.05, 4.69) is 9.88 Å². The highest BCUT2D eigenvalue weighted by Crippen LogP contribution is 2.49. The molecule has 1 aliphatic carbocycles. The first-order chi connectivity index (χ1) is 12.1. The normalized spacial score (nSPS) is 29.6. The van der Waals surface area contributed by atoms with Crippen molar-refractivity contribution in [3.05, 3.63) is 63.9 Å². The van der Waals surface area contributed by atoms with Crippen LogP contribution in [0.5, 0.6) is 0 Å². The largest absolute Gasteiger partial charge is 0.384 e. The Labute approximate surface area is 158 Å². The number of benzene rings is 1. The fraction of sp³-hybridized carbons (Fsp3) is 0.450. The molecule has 3 nitrogen and oxygen atoms in total. The number of halogens is 2. The van der Waals surface area contributed by atoms with E-state index in [9.17, 15) is 5.11 Å². The van der Waals surface area contributed by atoms with Crippen molar-refractivity contribution in [1.82, 2.24) is 9.88 Å². The van der Waals surface area contributed by atoms with Crippen LogP contribution in [0.3, 0.4) is 0 Å². The van der Waals surface area contributed by atoms with Gasteiger partial charge in [-0.25, -0.2) is 0 Å². The Morgan fingerprint density at radius 1 is 1.12 bits per heavy atom. The molecule has 0 unspecified atom stereocenters. The van der Waals surface area contributed by atoms with E-state index in [1.807, 2.05) is 36.5 Å². The number of piperidine rings is 1. The summed E-state index contributed by atoms with van der Waals surface area (Å²) in [6.45, 7) is 2.50. The van der Waals surface area contributed by atoms with Gasteiger partial charge in [0.2, 0.25) is 0 Å². The molecule has 2 bridgehead atoms. The molecule has 2 fully saturated rings. The van der Waals surface area contributed by atoms with Gasteiger partial charge in [-0.05, 0) is 30.5 Å². The zero-order valence-electron chi connectivity index (χ0n) is 14.0. The Hall–Kier alpha value is -1.13. The second-order valence-electron chi connectivity index (χ2n) is 7.30. The summed E-state index contributed by atoms with van der Waals surface area (Å²) in [7, 11) is 0. The molecule has 0 spiro atoms. The minimum atomic E-state index is -0.763. The number of hydrogen-bond acceptors (Lipinski definition) is 3. The van der Waals surface area contributed by atoms with E-state index in [1.54, 1.807) is 6.20 Å². The highest BCUT2D eigenvalue weighted by atomic mass is 35.5. The molecule has 2 aromatic rings. The van der Waals surface area contributed by atoms with E-state index in [0.29, 0.717) is 10.0 Å². The van der Waals surface area contributed by atoms with Gasteiger partial charge in [-0.1, -0.05) is 47.8 Å². The Kier molecular flexibility index (Phi) is 4.76.